The van der Waals surface area contributed by atoms with Crippen LogP contribution in [-0.2, 0) is 6.42 Å². The Balaban J connectivity index is 2.00. The Labute approximate surface area is 113 Å². The number of benzene rings is 1. The third-order valence-corrected chi connectivity index (χ3v) is 3.81. The van der Waals surface area contributed by atoms with Gasteiger partial charge in [-0.3, -0.25) is 0 Å². The smallest absolute Gasteiger partial charge is 0.110 e. The fourth-order valence-corrected chi connectivity index (χ4v) is 2.67. The lowest BCUT2D eigenvalue weighted by Gasteiger charge is -2.07. The molecule has 3 rings (SSSR count). The first-order valence-corrected chi connectivity index (χ1v) is 7.24. The highest BCUT2D eigenvalue weighted by atomic mass is 15.1. The molecular formula is C16H19N3. The van der Waals surface area contributed by atoms with Crippen LogP contribution >= 0.6 is 0 Å². The maximum absolute atomic E-state index is 8.98. The Kier molecular flexibility index (Phi) is 3.25. The fraction of sp³-hybridized carbons (Fsp3) is 0.500. The van der Waals surface area contributed by atoms with E-state index in [9.17, 15) is 0 Å². The summed E-state index contributed by atoms with van der Waals surface area (Å²) in [6, 6.07) is 8.72. The van der Waals surface area contributed by atoms with Gasteiger partial charge in [0.2, 0.25) is 0 Å². The molecule has 1 saturated carbocycles. The van der Waals surface area contributed by atoms with E-state index < -0.39 is 0 Å². The molecule has 1 aromatic heterocycles. The van der Waals surface area contributed by atoms with Crippen LogP contribution in [0.1, 0.15) is 56.5 Å². The van der Waals surface area contributed by atoms with Crippen molar-refractivity contribution >= 4 is 11.0 Å². The van der Waals surface area contributed by atoms with Crippen molar-refractivity contribution in [1.82, 2.24) is 9.55 Å². The number of hydrogen-bond acceptors (Lipinski definition) is 2. The van der Waals surface area contributed by atoms with Gasteiger partial charge in [0, 0.05) is 12.5 Å². The van der Waals surface area contributed by atoms with Crippen LogP contribution < -0.4 is 0 Å². The molecule has 0 bridgehead atoms. The van der Waals surface area contributed by atoms with Crippen LogP contribution in [0.5, 0.6) is 0 Å². The minimum atomic E-state index is 0.648. The van der Waals surface area contributed by atoms with Gasteiger partial charge in [-0.2, -0.15) is 5.26 Å². The van der Waals surface area contributed by atoms with Crippen molar-refractivity contribution < 1.29 is 0 Å². The topological polar surface area (TPSA) is 41.6 Å². The van der Waals surface area contributed by atoms with Gasteiger partial charge in [0.15, 0.2) is 0 Å². The Morgan fingerprint density at radius 3 is 2.89 bits per heavy atom. The lowest BCUT2D eigenvalue weighted by Crippen LogP contribution is -2.01. The molecule has 0 spiro atoms. The molecule has 0 aliphatic heterocycles. The summed E-state index contributed by atoms with van der Waals surface area (Å²) in [6.07, 6.45) is 7.30. The second-order valence-corrected chi connectivity index (χ2v) is 5.40. The number of aryl methyl sites for hydroxylation is 1. The highest BCUT2D eigenvalue weighted by Crippen LogP contribution is 2.39. The standard InChI is InChI=1S/C16H19N3/c1-2-3-4-5-16-18-14-10-12(11-17)6-9-15(14)19(16)13-7-8-13/h6,9-10,13H,2-5,7-8H2,1H3. The molecule has 1 fully saturated rings. The molecular weight excluding hydrogens is 234 g/mol. The second-order valence-electron chi connectivity index (χ2n) is 5.40. The van der Waals surface area contributed by atoms with E-state index in [1.807, 2.05) is 12.1 Å². The van der Waals surface area contributed by atoms with E-state index in [4.69, 9.17) is 10.2 Å². The maximum Gasteiger partial charge on any atom is 0.110 e. The number of nitriles is 1. The van der Waals surface area contributed by atoms with Gasteiger partial charge < -0.3 is 4.57 Å². The lowest BCUT2D eigenvalue weighted by molar-refractivity contribution is 0.642. The molecule has 19 heavy (non-hydrogen) atoms. The summed E-state index contributed by atoms with van der Waals surface area (Å²) < 4.78 is 2.41. The minimum absolute atomic E-state index is 0.648. The van der Waals surface area contributed by atoms with Gasteiger partial charge in [-0.1, -0.05) is 19.8 Å². The van der Waals surface area contributed by atoms with Crippen LogP contribution in [0.15, 0.2) is 18.2 Å². The molecule has 1 aromatic carbocycles. The number of hydrogen-bond donors (Lipinski definition) is 0. The summed E-state index contributed by atoms with van der Waals surface area (Å²) in [6.45, 7) is 2.23. The number of rotatable bonds is 5. The Hall–Kier alpha value is -1.82. The van der Waals surface area contributed by atoms with Gasteiger partial charge in [-0.25, -0.2) is 4.98 Å². The Bertz CT molecular complexity index is 629. The molecule has 0 amide bonds. The maximum atomic E-state index is 8.98. The van der Waals surface area contributed by atoms with Crippen LogP contribution in [0.25, 0.3) is 11.0 Å². The van der Waals surface area contributed by atoms with Gasteiger partial charge in [0.1, 0.15) is 5.82 Å². The van der Waals surface area contributed by atoms with E-state index >= 15 is 0 Å². The average molecular weight is 253 g/mol. The van der Waals surface area contributed by atoms with Crippen molar-refractivity contribution in [2.75, 3.05) is 0 Å². The lowest BCUT2D eigenvalue weighted by atomic mass is 10.2. The molecule has 1 aliphatic carbocycles. The molecule has 3 nitrogen and oxygen atoms in total. The largest absolute Gasteiger partial charge is 0.325 e. The summed E-state index contributed by atoms with van der Waals surface area (Å²) in [5.74, 6) is 1.21. The first kappa shape index (κ1) is 12.2. The zero-order valence-electron chi connectivity index (χ0n) is 11.4. The van der Waals surface area contributed by atoms with E-state index in [0.29, 0.717) is 11.6 Å². The number of nitrogens with zero attached hydrogens (tertiary/aromatic N) is 3. The molecule has 0 unspecified atom stereocenters. The van der Waals surface area contributed by atoms with Gasteiger partial charge in [-0.05, 0) is 37.5 Å². The zero-order chi connectivity index (χ0) is 13.2. The van der Waals surface area contributed by atoms with Crippen LogP contribution in [0.2, 0.25) is 0 Å². The van der Waals surface area contributed by atoms with Crippen LogP contribution in [-0.4, -0.2) is 9.55 Å². The summed E-state index contributed by atoms with van der Waals surface area (Å²) in [5, 5.41) is 8.98. The summed E-state index contributed by atoms with van der Waals surface area (Å²) >= 11 is 0. The molecule has 0 radical (unpaired) electrons. The molecule has 1 aliphatic rings. The zero-order valence-corrected chi connectivity index (χ0v) is 11.4. The highest BCUT2D eigenvalue weighted by Gasteiger charge is 2.27. The van der Waals surface area contributed by atoms with Crippen molar-refractivity contribution in [3.8, 4) is 6.07 Å². The fourth-order valence-electron chi connectivity index (χ4n) is 2.67. The number of fused-ring (bicyclic) bond motifs is 1. The van der Waals surface area contributed by atoms with Crippen molar-refractivity contribution in [3.05, 3.63) is 29.6 Å². The normalized spacial score (nSPS) is 14.7. The monoisotopic (exact) mass is 253 g/mol. The third-order valence-electron chi connectivity index (χ3n) is 3.81. The highest BCUT2D eigenvalue weighted by molar-refractivity contribution is 5.78. The van der Waals surface area contributed by atoms with Gasteiger partial charge >= 0.3 is 0 Å². The van der Waals surface area contributed by atoms with Crippen LogP contribution in [0.4, 0.5) is 0 Å². The molecule has 98 valence electrons. The van der Waals surface area contributed by atoms with E-state index in [1.54, 1.807) is 0 Å². The first-order valence-electron chi connectivity index (χ1n) is 7.24. The number of unbranched alkanes of at least 4 members (excludes halogenated alkanes) is 2. The molecule has 0 N–H and O–H groups in total. The predicted molar refractivity (Wildman–Crippen MR) is 75.9 cm³/mol. The minimum Gasteiger partial charge on any atom is -0.325 e. The van der Waals surface area contributed by atoms with Crippen LogP contribution in [0.3, 0.4) is 0 Å². The van der Waals surface area contributed by atoms with Crippen LogP contribution in [0, 0.1) is 11.3 Å². The number of aromatic nitrogens is 2. The van der Waals surface area contributed by atoms with Gasteiger partial charge in [0.05, 0.1) is 22.7 Å². The van der Waals surface area contributed by atoms with E-state index in [-0.39, 0.29) is 0 Å². The Morgan fingerprint density at radius 1 is 1.37 bits per heavy atom. The molecule has 3 heteroatoms. The molecule has 2 aromatic rings. The molecule has 1 heterocycles. The second kappa shape index (κ2) is 5.05. The average Bonchev–Trinajstić information content (AvgIpc) is 3.20. The van der Waals surface area contributed by atoms with E-state index in [0.717, 1.165) is 11.9 Å². The predicted octanol–water partition coefficient (Wildman–Crippen LogP) is 3.98. The SMILES string of the molecule is CCCCCc1nc2cc(C#N)ccc2n1C1CC1. The summed E-state index contributed by atoms with van der Waals surface area (Å²) in [5.41, 5.74) is 2.89. The van der Waals surface area contributed by atoms with E-state index in [1.165, 1.54) is 43.4 Å². The summed E-state index contributed by atoms with van der Waals surface area (Å²) in [4.78, 5) is 4.77. The van der Waals surface area contributed by atoms with Gasteiger partial charge in [-0.15, -0.1) is 0 Å². The van der Waals surface area contributed by atoms with E-state index in [2.05, 4.69) is 23.6 Å². The number of imidazole rings is 1. The molecule has 0 saturated heterocycles. The first-order chi connectivity index (χ1) is 9.33. The third kappa shape index (κ3) is 2.35. The van der Waals surface area contributed by atoms with Crippen molar-refractivity contribution in [3.63, 3.8) is 0 Å². The Morgan fingerprint density at radius 2 is 2.21 bits per heavy atom. The summed E-state index contributed by atoms with van der Waals surface area (Å²) in [7, 11) is 0. The van der Waals surface area contributed by atoms with Gasteiger partial charge in [0.25, 0.3) is 0 Å². The quantitative estimate of drug-likeness (QED) is 0.756. The van der Waals surface area contributed by atoms with Crippen molar-refractivity contribution in [1.29, 1.82) is 5.26 Å². The van der Waals surface area contributed by atoms with Crippen molar-refractivity contribution in [2.24, 2.45) is 0 Å². The van der Waals surface area contributed by atoms with Crippen molar-refractivity contribution in [2.45, 2.75) is 51.5 Å². The molecule has 0 atom stereocenters.